The first-order chi connectivity index (χ1) is 18.6. The minimum absolute atomic E-state index is 0.0338. The smallest absolute Gasteiger partial charge is 0.336 e. The maximum absolute atomic E-state index is 12.6. The highest BCUT2D eigenvalue weighted by atomic mass is 16.6. The summed E-state index contributed by atoms with van der Waals surface area (Å²) < 4.78 is 6.30. The molecule has 0 aromatic heterocycles. The fourth-order valence-electron chi connectivity index (χ4n) is 4.97. The fraction of sp³-hybridized carbons (Fsp3) is 0.125. The summed E-state index contributed by atoms with van der Waals surface area (Å²) in [6, 6.07) is 26.2. The second-order valence-electron chi connectivity index (χ2n) is 10.3. The molecule has 0 fully saturated rings. The number of non-ortho nitro benzene ring substituents is 1. The number of fused-ring (bicyclic) bond motifs is 2. The molecule has 5 rings (SSSR count). The van der Waals surface area contributed by atoms with E-state index in [1.165, 1.54) is 18.2 Å². The molecule has 1 N–H and O–H groups in total. The average molecular weight is 517 g/mol. The zero-order valence-electron chi connectivity index (χ0n) is 21.6. The Labute approximate surface area is 224 Å². The molecule has 5 aromatic carbocycles. The Kier molecular flexibility index (Phi) is 6.25. The number of hydrogen-bond donors (Lipinski definition) is 1. The average Bonchev–Trinajstić information content (AvgIpc) is 2.91. The Morgan fingerprint density at radius 2 is 1.64 bits per heavy atom. The Hall–Kier alpha value is -5.22. The number of carbonyl (C=O) groups is 1. The predicted octanol–water partition coefficient (Wildman–Crippen LogP) is 8.23. The Balaban J connectivity index is 1.79. The molecule has 0 saturated heterocycles. The summed E-state index contributed by atoms with van der Waals surface area (Å²) in [7, 11) is 0. The molecule has 7 nitrogen and oxygen atoms in total. The van der Waals surface area contributed by atoms with Crippen LogP contribution in [0.2, 0.25) is 0 Å². The largest absolute Gasteiger partial charge is 0.478 e. The highest BCUT2D eigenvalue weighted by Crippen LogP contribution is 2.46. The van der Waals surface area contributed by atoms with Crippen molar-refractivity contribution in [2.45, 2.75) is 26.2 Å². The van der Waals surface area contributed by atoms with Gasteiger partial charge in [0.25, 0.3) is 5.69 Å². The van der Waals surface area contributed by atoms with Gasteiger partial charge in [0.05, 0.1) is 22.1 Å². The number of aromatic carboxylic acids is 1. The third-order valence-corrected chi connectivity index (χ3v) is 6.64. The van der Waals surface area contributed by atoms with Crippen LogP contribution in [0.5, 0.6) is 11.5 Å². The summed E-state index contributed by atoms with van der Waals surface area (Å²) >= 11 is 0. The van der Waals surface area contributed by atoms with Crippen LogP contribution in [0.3, 0.4) is 0 Å². The molecule has 0 bridgehead atoms. The molecule has 0 aliphatic carbocycles. The maximum atomic E-state index is 12.6. The maximum Gasteiger partial charge on any atom is 0.336 e. The van der Waals surface area contributed by atoms with E-state index in [1.807, 2.05) is 63.2 Å². The molecule has 7 heteroatoms. The molecule has 0 aliphatic heterocycles. The Morgan fingerprint density at radius 3 is 2.33 bits per heavy atom. The van der Waals surface area contributed by atoms with Crippen molar-refractivity contribution in [1.29, 1.82) is 5.26 Å². The van der Waals surface area contributed by atoms with Crippen LogP contribution in [-0.4, -0.2) is 16.0 Å². The van der Waals surface area contributed by atoms with Gasteiger partial charge >= 0.3 is 5.97 Å². The van der Waals surface area contributed by atoms with E-state index >= 15 is 0 Å². The molecule has 0 atom stereocenters. The lowest BCUT2D eigenvalue weighted by molar-refractivity contribution is -0.384. The first kappa shape index (κ1) is 25.4. The number of benzene rings is 5. The molecule has 192 valence electrons. The first-order valence-corrected chi connectivity index (χ1v) is 12.3. The molecule has 39 heavy (non-hydrogen) atoms. The van der Waals surface area contributed by atoms with Crippen LogP contribution in [0, 0.1) is 21.4 Å². The highest BCUT2D eigenvalue weighted by Gasteiger charge is 2.29. The summed E-state index contributed by atoms with van der Waals surface area (Å²) in [6.07, 6.45) is 0. The minimum Gasteiger partial charge on any atom is -0.478 e. The number of ether oxygens (including phenoxy) is 1. The van der Waals surface area contributed by atoms with Crippen LogP contribution in [0.15, 0.2) is 84.9 Å². The number of nitro groups is 1. The van der Waals surface area contributed by atoms with Gasteiger partial charge in [-0.15, -0.1) is 0 Å². The van der Waals surface area contributed by atoms with Gasteiger partial charge in [-0.05, 0) is 68.9 Å². The summed E-state index contributed by atoms with van der Waals surface area (Å²) in [5.74, 6) is -0.383. The second-order valence-corrected chi connectivity index (χ2v) is 10.3. The van der Waals surface area contributed by atoms with Gasteiger partial charge in [-0.3, -0.25) is 10.1 Å². The molecule has 0 saturated carbocycles. The van der Waals surface area contributed by atoms with Gasteiger partial charge in [0, 0.05) is 23.3 Å². The Bertz CT molecular complexity index is 1840. The van der Waals surface area contributed by atoms with Gasteiger partial charge in [-0.1, -0.05) is 57.2 Å². The van der Waals surface area contributed by atoms with Crippen molar-refractivity contribution in [3.8, 4) is 28.7 Å². The van der Waals surface area contributed by atoms with Gasteiger partial charge in [-0.2, -0.15) is 5.26 Å². The molecule has 0 unspecified atom stereocenters. The quantitative estimate of drug-likeness (QED) is 0.186. The lowest BCUT2D eigenvalue weighted by atomic mass is 9.76. The molecule has 0 heterocycles. The van der Waals surface area contributed by atoms with Gasteiger partial charge in [0.2, 0.25) is 0 Å². The summed E-state index contributed by atoms with van der Waals surface area (Å²) in [5.41, 5.74) is 1.34. The summed E-state index contributed by atoms with van der Waals surface area (Å²) in [4.78, 5) is 23.9. The summed E-state index contributed by atoms with van der Waals surface area (Å²) in [5, 5.41) is 34.6. The van der Waals surface area contributed by atoms with E-state index in [0.29, 0.717) is 22.4 Å². The van der Waals surface area contributed by atoms with Gasteiger partial charge in [0.1, 0.15) is 11.5 Å². The molecular weight excluding hydrogens is 492 g/mol. The molecule has 5 aromatic rings. The van der Waals surface area contributed by atoms with Crippen molar-refractivity contribution in [2.75, 3.05) is 0 Å². The van der Waals surface area contributed by atoms with Crippen LogP contribution in [-0.2, 0) is 5.41 Å². The third-order valence-electron chi connectivity index (χ3n) is 6.64. The molecule has 0 radical (unpaired) electrons. The topological polar surface area (TPSA) is 113 Å². The van der Waals surface area contributed by atoms with Crippen molar-refractivity contribution in [1.82, 2.24) is 0 Å². The SMILES string of the molecule is CC(C)(C)c1c(-c2cc([N+](=O)[O-])ccc2Oc2ccc3cc(C#N)ccc3c2)c(C(=O)O)cc2ccccc12. The number of hydrogen-bond acceptors (Lipinski definition) is 5. The van der Waals surface area contributed by atoms with E-state index in [0.717, 1.165) is 27.1 Å². The second kappa shape index (κ2) is 9.58. The summed E-state index contributed by atoms with van der Waals surface area (Å²) in [6.45, 7) is 5.96. The normalized spacial score (nSPS) is 11.3. The monoisotopic (exact) mass is 516 g/mol. The van der Waals surface area contributed by atoms with Gasteiger partial charge in [-0.25, -0.2) is 4.79 Å². The number of nitrogens with zero attached hydrogens (tertiary/aromatic N) is 2. The van der Waals surface area contributed by atoms with Crippen molar-refractivity contribution in [2.24, 2.45) is 0 Å². The van der Waals surface area contributed by atoms with Crippen LogP contribution in [0.1, 0.15) is 42.3 Å². The van der Waals surface area contributed by atoms with Crippen molar-refractivity contribution in [3.63, 3.8) is 0 Å². The van der Waals surface area contributed by atoms with Crippen LogP contribution >= 0.6 is 0 Å². The third kappa shape index (κ3) is 4.76. The number of carboxylic acids is 1. The highest BCUT2D eigenvalue weighted by molar-refractivity contribution is 6.06. The van der Waals surface area contributed by atoms with Crippen LogP contribution in [0.25, 0.3) is 32.7 Å². The zero-order valence-corrected chi connectivity index (χ0v) is 21.6. The molecule has 0 amide bonds. The van der Waals surface area contributed by atoms with E-state index in [9.17, 15) is 25.3 Å². The number of nitriles is 1. The van der Waals surface area contributed by atoms with E-state index in [2.05, 4.69) is 6.07 Å². The first-order valence-electron chi connectivity index (χ1n) is 12.3. The van der Waals surface area contributed by atoms with Gasteiger partial charge < -0.3 is 9.84 Å². The van der Waals surface area contributed by atoms with Crippen molar-refractivity contribution >= 4 is 33.2 Å². The Morgan fingerprint density at radius 1 is 0.923 bits per heavy atom. The van der Waals surface area contributed by atoms with E-state index in [-0.39, 0.29) is 17.0 Å². The van der Waals surface area contributed by atoms with Crippen molar-refractivity contribution < 1.29 is 19.6 Å². The van der Waals surface area contributed by atoms with Crippen LogP contribution in [0.4, 0.5) is 5.69 Å². The molecular formula is C32H24N2O5. The van der Waals surface area contributed by atoms with Crippen molar-refractivity contribution in [3.05, 3.63) is 112 Å². The predicted molar refractivity (Wildman–Crippen MR) is 150 cm³/mol. The lowest BCUT2D eigenvalue weighted by Gasteiger charge is -2.27. The standard InChI is InChI=1S/C32H24N2O5/c1-32(2,3)30-25-7-5-4-6-22(25)16-27(31(35)36)29(30)26-17-23(34(37)38)11-13-28(26)39-24-12-10-20-14-19(18-33)8-9-21(20)15-24/h4-17H,1-3H3,(H,35,36). The zero-order chi connectivity index (χ0) is 27.9. The molecule has 0 aliphatic rings. The van der Waals surface area contributed by atoms with E-state index in [1.54, 1.807) is 24.3 Å². The minimum atomic E-state index is -1.14. The fourth-order valence-corrected chi connectivity index (χ4v) is 4.97. The van der Waals surface area contributed by atoms with E-state index < -0.39 is 16.3 Å². The number of nitro benzene ring substituents is 1. The van der Waals surface area contributed by atoms with Crippen LogP contribution < -0.4 is 4.74 Å². The van der Waals surface area contributed by atoms with Gasteiger partial charge in [0.15, 0.2) is 0 Å². The molecule has 0 spiro atoms. The number of carboxylic acid groups (broad SMARTS) is 1. The number of rotatable bonds is 5. The van der Waals surface area contributed by atoms with E-state index in [4.69, 9.17) is 4.74 Å². The lowest BCUT2D eigenvalue weighted by Crippen LogP contribution is -2.16.